The lowest BCUT2D eigenvalue weighted by molar-refractivity contribution is 0.0953. The highest BCUT2D eigenvalue weighted by Crippen LogP contribution is 2.28. The quantitative estimate of drug-likeness (QED) is 0.944. The Morgan fingerprint density at radius 1 is 1.09 bits per heavy atom. The first-order valence-corrected chi connectivity index (χ1v) is 7.98. The number of carbonyl (C=O) groups is 2. The van der Waals surface area contributed by atoms with Gasteiger partial charge in [-0.2, -0.15) is 0 Å². The average molecular weight is 308 g/mol. The molecule has 0 fully saturated rings. The van der Waals surface area contributed by atoms with E-state index in [1.54, 1.807) is 29.2 Å². The second-order valence-corrected chi connectivity index (χ2v) is 5.67. The van der Waals surface area contributed by atoms with E-state index in [1.165, 1.54) is 5.56 Å². The third kappa shape index (κ3) is 3.11. The van der Waals surface area contributed by atoms with Crippen molar-refractivity contribution in [2.45, 2.75) is 19.8 Å². The van der Waals surface area contributed by atoms with Crippen LogP contribution in [-0.4, -0.2) is 24.9 Å². The predicted molar refractivity (Wildman–Crippen MR) is 90.9 cm³/mol. The standard InChI is InChI=1S/C19H20N2O2/c1-2-11-20-18(22)15-7-5-8-16(13-15)19(23)21-12-10-14-6-3-4-9-17(14)21/h3-9,13H,2,10-12H2,1H3,(H,20,22). The lowest BCUT2D eigenvalue weighted by Gasteiger charge is -2.17. The summed E-state index contributed by atoms with van der Waals surface area (Å²) >= 11 is 0. The third-order valence-corrected chi connectivity index (χ3v) is 4.04. The zero-order valence-corrected chi connectivity index (χ0v) is 13.2. The van der Waals surface area contributed by atoms with E-state index in [0.29, 0.717) is 24.2 Å². The van der Waals surface area contributed by atoms with E-state index in [1.807, 2.05) is 25.1 Å². The van der Waals surface area contributed by atoms with Gasteiger partial charge in [0.15, 0.2) is 0 Å². The number of amides is 2. The van der Waals surface area contributed by atoms with Crippen molar-refractivity contribution in [3.8, 4) is 0 Å². The van der Waals surface area contributed by atoms with E-state index in [0.717, 1.165) is 18.5 Å². The zero-order chi connectivity index (χ0) is 16.2. The number of benzene rings is 2. The van der Waals surface area contributed by atoms with Crippen molar-refractivity contribution in [1.82, 2.24) is 5.32 Å². The van der Waals surface area contributed by atoms with Gasteiger partial charge in [-0.1, -0.05) is 31.2 Å². The Morgan fingerprint density at radius 2 is 1.87 bits per heavy atom. The Hall–Kier alpha value is -2.62. The second-order valence-electron chi connectivity index (χ2n) is 5.67. The van der Waals surface area contributed by atoms with Crippen molar-refractivity contribution in [2.24, 2.45) is 0 Å². The fourth-order valence-corrected chi connectivity index (χ4v) is 2.84. The van der Waals surface area contributed by atoms with Crippen LogP contribution in [0.1, 0.15) is 39.6 Å². The summed E-state index contributed by atoms with van der Waals surface area (Å²) in [4.78, 5) is 26.6. The molecular weight excluding hydrogens is 288 g/mol. The fourth-order valence-electron chi connectivity index (χ4n) is 2.84. The first kappa shape index (κ1) is 15.3. The molecule has 4 heteroatoms. The normalized spacial score (nSPS) is 12.8. The fraction of sp³-hybridized carbons (Fsp3) is 0.263. The summed E-state index contributed by atoms with van der Waals surface area (Å²) in [5.41, 5.74) is 3.23. The molecule has 23 heavy (non-hydrogen) atoms. The maximum atomic E-state index is 12.8. The van der Waals surface area contributed by atoms with Crippen molar-refractivity contribution in [3.05, 3.63) is 65.2 Å². The smallest absolute Gasteiger partial charge is 0.258 e. The summed E-state index contributed by atoms with van der Waals surface area (Å²) in [6.45, 7) is 3.33. The predicted octanol–water partition coefficient (Wildman–Crippen LogP) is 3.03. The third-order valence-electron chi connectivity index (χ3n) is 4.04. The van der Waals surface area contributed by atoms with Gasteiger partial charge < -0.3 is 10.2 Å². The number of hydrogen-bond acceptors (Lipinski definition) is 2. The number of fused-ring (bicyclic) bond motifs is 1. The molecule has 118 valence electrons. The summed E-state index contributed by atoms with van der Waals surface area (Å²) in [6, 6.07) is 14.9. The number of anilines is 1. The average Bonchev–Trinajstić information content (AvgIpc) is 3.03. The SMILES string of the molecule is CCCNC(=O)c1cccc(C(=O)N2CCc3ccccc32)c1. The summed E-state index contributed by atoms with van der Waals surface area (Å²) < 4.78 is 0. The van der Waals surface area contributed by atoms with Crippen LogP contribution >= 0.6 is 0 Å². The van der Waals surface area contributed by atoms with Crippen molar-refractivity contribution in [3.63, 3.8) is 0 Å². The van der Waals surface area contributed by atoms with Crippen molar-refractivity contribution in [1.29, 1.82) is 0 Å². The number of nitrogens with one attached hydrogen (secondary N) is 1. The van der Waals surface area contributed by atoms with Crippen molar-refractivity contribution in [2.75, 3.05) is 18.0 Å². The van der Waals surface area contributed by atoms with E-state index in [9.17, 15) is 9.59 Å². The molecule has 0 bridgehead atoms. The maximum Gasteiger partial charge on any atom is 0.258 e. The molecule has 0 aromatic heterocycles. The lowest BCUT2D eigenvalue weighted by atomic mass is 10.1. The Bertz CT molecular complexity index is 740. The molecular formula is C19H20N2O2. The monoisotopic (exact) mass is 308 g/mol. The van der Waals surface area contributed by atoms with Gasteiger partial charge in [0.1, 0.15) is 0 Å². The number of rotatable bonds is 4. The summed E-state index contributed by atoms with van der Waals surface area (Å²) in [5, 5.41) is 2.84. The minimum absolute atomic E-state index is 0.0555. The molecule has 3 rings (SSSR count). The molecule has 0 saturated heterocycles. The van der Waals surface area contributed by atoms with Gasteiger partial charge in [-0.05, 0) is 42.7 Å². The molecule has 1 aliphatic heterocycles. The Labute approximate surface area is 136 Å². The van der Waals surface area contributed by atoms with Gasteiger partial charge in [0.25, 0.3) is 11.8 Å². The molecule has 1 aliphatic rings. The van der Waals surface area contributed by atoms with E-state index < -0.39 is 0 Å². The molecule has 2 aromatic carbocycles. The molecule has 2 amide bonds. The highest BCUT2D eigenvalue weighted by Gasteiger charge is 2.25. The number of hydrogen-bond donors (Lipinski definition) is 1. The minimum atomic E-state index is -0.136. The first-order chi connectivity index (χ1) is 11.2. The zero-order valence-electron chi connectivity index (χ0n) is 13.2. The molecule has 0 saturated carbocycles. The molecule has 2 aromatic rings. The lowest BCUT2D eigenvalue weighted by Crippen LogP contribution is -2.29. The van der Waals surface area contributed by atoms with Crippen molar-refractivity contribution < 1.29 is 9.59 Å². The molecule has 1 N–H and O–H groups in total. The van der Waals surface area contributed by atoms with Crippen LogP contribution in [0.5, 0.6) is 0 Å². The minimum Gasteiger partial charge on any atom is -0.352 e. The number of para-hydroxylation sites is 1. The van der Waals surface area contributed by atoms with Crippen molar-refractivity contribution >= 4 is 17.5 Å². The first-order valence-electron chi connectivity index (χ1n) is 7.98. The molecule has 0 spiro atoms. The number of nitrogens with zero attached hydrogens (tertiary/aromatic N) is 1. The van der Waals surface area contributed by atoms with Gasteiger partial charge in [0.05, 0.1) is 0 Å². The van der Waals surface area contributed by atoms with E-state index >= 15 is 0 Å². The molecule has 1 heterocycles. The Balaban J connectivity index is 1.82. The van der Waals surface area contributed by atoms with E-state index in [-0.39, 0.29) is 11.8 Å². The molecule has 0 atom stereocenters. The van der Waals surface area contributed by atoms with Crippen LogP contribution in [0.4, 0.5) is 5.69 Å². The molecule has 0 aliphatic carbocycles. The highest BCUT2D eigenvalue weighted by atomic mass is 16.2. The van der Waals surface area contributed by atoms with Crippen LogP contribution < -0.4 is 10.2 Å². The molecule has 0 radical (unpaired) electrons. The maximum absolute atomic E-state index is 12.8. The van der Waals surface area contributed by atoms with Gasteiger partial charge in [-0.25, -0.2) is 0 Å². The van der Waals surface area contributed by atoms with Crippen LogP contribution in [0.3, 0.4) is 0 Å². The van der Waals surface area contributed by atoms with Crippen LogP contribution in [-0.2, 0) is 6.42 Å². The van der Waals surface area contributed by atoms with E-state index in [2.05, 4.69) is 11.4 Å². The Morgan fingerprint density at radius 3 is 2.70 bits per heavy atom. The Kier molecular flexibility index (Phi) is 4.42. The van der Waals surface area contributed by atoms with Gasteiger partial charge in [0, 0.05) is 29.9 Å². The van der Waals surface area contributed by atoms with Crippen LogP contribution in [0.25, 0.3) is 0 Å². The largest absolute Gasteiger partial charge is 0.352 e. The van der Waals surface area contributed by atoms with Gasteiger partial charge >= 0.3 is 0 Å². The topological polar surface area (TPSA) is 49.4 Å². The second kappa shape index (κ2) is 6.65. The molecule has 0 unspecified atom stereocenters. The summed E-state index contributed by atoms with van der Waals surface area (Å²) in [5.74, 6) is -0.191. The number of carbonyl (C=O) groups excluding carboxylic acids is 2. The summed E-state index contributed by atoms with van der Waals surface area (Å²) in [6.07, 6.45) is 1.76. The van der Waals surface area contributed by atoms with Crippen LogP contribution in [0, 0.1) is 0 Å². The van der Waals surface area contributed by atoms with Crippen LogP contribution in [0.2, 0.25) is 0 Å². The van der Waals surface area contributed by atoms with E-state index in [4.69, 9.17) is 0 Å². The van der Waals surface area contributed by atoms with Crippen LogP contribution in [0.15, 0.2) is 48.5 Å². The van der Waals surface area contributed by atoms with Gasteiger partial charge in [0.2, 0.25) is 0 Å². The van der Waals surface area contributed by atoms with Gasteiger partial charge in [-0.15, -0.1) is 0 Å². The summed E-state index contributed by atoms with van der Waals surface area (Å²) in [7, 11) is 0. The van der Waals surface area contributed by atoms with Gasteiger partial charge in [-0.3, -0.25) is 9.59 Å². The molecule has 4 nitrogen and oxygen atoms in total. The highest BCUT2D eigenvalue weighted by molar-refractivity contribution is 6.08.